The van der Waals surface area contributed by atoms with Crippen molar-refractivity contribution in [2.45, 2.75) is 47.0 Å². The van der Waals surface area contributed by atoms with Crippen molar-refractivity contribution in [3.63, 3.8) is 0 Å². The Hall–Kier alpha value is -2.22. The van der Waals surface area contributed by atoms with Crippen molar-refractivity contribution >= 4 is 12.2 Å². The second kappa shape index (κ2) is 6.11. The van der Waals surface area contributed by atoms with E-state index in [-0.39, 0.29) is 5.41 Å². The fourth-order valence-electron chi connectivity index (χ4n) is 2.79. The highest BCUT2D eigenvalue weighted by molar-refractivity contribution is 5.76. The lowest BCUT2D eigenvalue weighted by Crippen LogP contribution is -2.11. The highest BCUT2D eigenvalue weighted by Crippen LogP contribution is 2.36. The van der Waals surface area contributed by atoms with Gasteiger partial charge in [0.15, 0.2) is 0 Å². The zero-order chi connectivity index (χ0) is 17.4. The largest absolute Gasteiger partial charge is 0.507 e. The van der Waals surface area contributed by atoms with Gasteiger partial charge in [-0.15, -0.1) is 0 Å². The Kier molecular flexibility index (Phi) is 4.56. The molecule has 0 unspecified atom stereocenters. The summed E-state index contributed by atoms with van der Waals surface area (Å²) in [6, 6.07) is 7.93. The molecule has 0 aliphatic heterocycles. The summed E-state index contributed by atoms with van der Waals surface area (Å²) in [5.74, 6) is 0.692. The monoisotopic (exact) mass is 310 g/mol. The van der Waals surface area contributed by atoms with Crippen molar-refractivity contribution in [3.8, 4) is 11.5 Å². The molecule has 0 fully saturated rings. The van der Waals surface area contributed by atoms with Crippen LogP contribution >= 0.6 is 0 Å². The smallest absolute Gasteiger partial charge is 0.126 e. The van der Waals surface area contributed by atoms with Crippen LogP contribution in [0.1, 0.15) is 54.2 Å². The Morgan fingerprint density at radius 2 is 1.35 bits per heavy atom. The van der Waals surface area contributed by atoms with E-state index in [9.17, 15) is 10.2 Å². The maximum absolute atomic E-state index is 10.6. The summed E-state index contributed by atoms with van der Waals surface area (Å²) in [7, 11) is 0. The summed E-state index contributed by atoms with van der Waals surface area (Å²) in [6.07, 6.45) is 3.93. The fraction of sp³-hybridized carbons (Fsp3) is 0.333. The number of rotatable bonds is 2. The van der Waals surface area contributed by atoms with Gasteiger partial charge in [0, 0.05) is 5.56 Å². The lowest BCUT2D eigenvalue weighted by Gasteiger charge is -2.22. The van der Waals surface area contributed by atoms with Crippen molar-refractivity contribution in [2.24, 2.45) is 0 Å². The van der Waals surface area contributed by atoms with Crippen LogP contribution in [0.15, 0.2) is 24.3 Å². The van der Waals surface area contributed by atoms with Crippen LogP contribution in [0.3, 0.4) is 0 Å². The molecule has 0 aliphatic rings. The number of hydrogen-bond acceptors (Lipinski definition) is 2. The minimum Gasteiger partial charge on any atom is -0.507 e. The third kappa shape index (κ3) is 3.58. The standard InChI is InChI=1S/C21H26O2/c1-13-7-10-18(21(4,5)6)20(23)17(13)9-8-16-11-14(2)19(22)15(3)12-16/h7-12,22-23H,1-6H3/b9-8+. The normalized spacial score (nSPS) is 12.1. The molecule has 0 spiro atoms. The van der Waals surface area contributed by atoms with E-state index in [0.717, 1.165) is 33.4 Å². The molecule has 0 amide bonds. The Bertz CT molecular complexity index is 739. The van der Waals surface area contributed by atoms with Gasteiger partial charge in [-0.1, -0.05) is 45.1 Å². The number of aromatic hydroxyl groups is 2. The van der Waals surface area contributed by atoms with Gasteiger partial charge in [-0.25, -0.2) is 0 Å². The molecule has 23 heavy (non-hydrogen) atoms. The van der Waals surface area contributed by atoms with Gasteiger partial charge in [-0.2, -0.15) is 0 Å². The average Bonchev–Trinajstić information content (AvgIpc) is 2.42. The Labute approximate surface area is 139 Å². The molecule has 0 radical (unpaired) electrons. The first-order chi connectivity index (χ1) is 10.6. The van der Waals surface area contributed by atoms with Crippen LogP contribution in [-0.4, -0.2) is 10.2 Å². The van der Waals surface area contributed by atoms with E-state index in [4.69, 9.17) is 0 Å². The molecule has 2 nitrogen and oxygen atoms in total. The van der Waals surface area contributed by atoms with Crippen LogP contribution < -0.4 is 0 Å². The first-order valence-corrected chi connectivity index (χ1v) is 7.92. The molecule has 0 saturated heterocycles. The quantitative estimate of drug-likeness (QED) is 0.720. The molecule has 0 atom stereocenters. The summed E-state index contributed by atoms with van der Waals surface area (Å²) in [4.78, 5) is 0. The van der Waals surface area contributed by atoms with Gasteiger partial charge >= 0.3 is 0 Å². The van der Waals surface area contributed by atoms with E-state index in [1.165, 1.54) is 0 Å². The summed E-state index contributed by atoms with van der Waals surface area (Å²) in [6.45, 7) is 12.1. The number of phenols is 2. The van der Waals surface area contributed by atoms with E-state index in [2.05, 4.69) is 20.8 Å². The zero-order valence-electron chi connectivity index (χ0n) is 14.9. The minimum absolute atomic E-state index is 0.105. The molecule has 0 aliphatic carbocycles. The van der Waals surface area contributed by atoms with E-state index in [1.54, 1.807) is 0 Å². The number of benzene rings is 2. The molecule has 2 rings (SSSR count). The average molecular weight is 310 g/mol. The molecule has 2 heteroatoms. The minimum atomic E-state index is -0.105. The number of aryl methyl sites for hydroxylation is 3. The lowest BCUT2D eigenvalue weighted by molar-refractivity contribution is 0.445. The van der Waals surface area contributed by atoms with Crippen molar-refractivity contribution in [3.05, 3.63) is 57.6 Å². The van der Waals surface area contributed by atoms with E-state index in [1.807, 2.05) is 57.2 Å². The predicted octanol–water partition coefficient (Wildman–Crippen LogP) is 5.49. The van der Waals surface area contributed by atoms with Crippen LogP contribution in [0.5, 0.6) is 11.5 Å². The number of hydrogen-bond donors (Lipinski definition) is 2. The summed E-state index contributed by atoms with van der Waals surface area (Å²) >= 11 is 0. The SMILES string of the molecule is Cc1cc(/C=C/c2c(C)ccc(C(C)(C)C)c2O)cc(C)c1O. The third-order valence-corrected chi connectivity index (χ3v) is 4.20. The maximum atomic E-state index is 10.6. The molecular formula is C21H26O2. The van der Waals surface area contributed by atoms with Gasteiger partial charge in [0.2, 0.25) is 0 Å². The Morgan fingerprint density at radius 1 is 0.783 bits per heavy atom. The fourth-order valence-corrected chi connectivity index (χ4v) is 2.79. The van der Waals surface area contributed by atoms with Gasteiger partial charge in [0.25, 0.3) is 0 Å². The summed E-state index contributed by atoms with van der Waals surface area (Å²) in [5, 5.41) is 20.5. The van der Waals surface area contributed by atoms with Crippen molar-refractivity contribution in [1.29, 1.82) is 0 Å². The molecule has 2 N–H and O–H groups in total. The van der Waals surface area contributed by atoms with Crippen molar-refractivity contribution < 1.29 is 10.2 Å². The van der Waals surface area contributed by atoms with E-state index >= 15 is 0 Å². The van der Waals surface area contributed by atoms with Crippen molar-refractivity contribution in [1.82, 2.24) is 0 Å². The highest BCUT2D eigenvalue weighted by atomic mass is 16.3. The molecule has 0 saturated carbocycles. The molecular weight excluding hydrogens is 284 g/mol. The second-order valence-electron chi connectivity index (χ2n) is 7.28. The van der Waals surface area contributed by atoms with Gasteiger partial charge < -0.3 is 10.2 Å². The van der Waals surface area contributed by atoms with Gasteiger partial charge in [0.1, 0.15) is 11.5 Å². The van der Waals surface area contributed by atoms with Crippen LogP contribution in [0, 0.1) is 20.8 Å². The third-order valence-electron chi connectivity index (χ3n) is 4.20. The molecule has 2 aromatic rings. The van der Waals surface area contributed by atoms with E-state index < -0.39 is 0 Å². The van der Waals surface area contributed by atoms with Crippen LogP contribution in [-0.2, 0) is 5.41 Å². The van der Waals surface area contributed by atoms with Gasteiger partial charge in [0.05, 0.1) is 0 Å². The first kappa shape index (κ1) is 17.1. The van der Waals surface area contributed by atoms with Gasteiger partial charge in [-0.3, -0.25) is 0 Å². The van der Waals surface area contributed by atoms with Gasteiger partial charge in [-0.05, 0) is 66.1 Å². The van der Waals surface area contributed by atoms with Crippen molar-refractivity contribution in [2.75, 3.05) is 0 Å². The first-order valence-electron chi connectivity index (χ1n) is 7.92. The molecule has 122 valence electrons. The summed E-state index contributed by atoms with van der Waals surface area (Å²) in [5.41, 5.74) is 5.45. The molecule has 0 heterocycles. The summed E-state index contributed by atoms with van der Waals surface area (Å²) < 4.78 is 0. The Balaban J connectivity index is 2.48. The van der Waals surface area contributed by atoms with Crippen LogP contribution in [0.25, 0.3) is 12.2 Å². The zero-order valence-corrected chi connectivity index (χ0v) is 14.9. The topological polar surface area (TPSA) is 40.5 Å². The molecule has 2 aromatic carbocycles. The van der Waals surface area contributed by atoms with Crippen LogP contribution in [0.4, 0.5) is 0 Å². The lowest BCUT2D eigenvalue weighted by atomic mass is 9.84. The highest BCUT2D eigenvalue weighted by Gasteiger charge is 2.20. The number of phenolic OH excluding ortho intramolecular Hbond substituents is 2. The second-order valence-corrected chi connectivity index (χ2v) is 7.28. The van der Waals surface area contributed by atoms with Crippen LogP contribution in [0.2, 0.25) is 0 Å². The molecule has 0 aromatic heterocycles. The predicted molar refractivity (Wildman–Crippen MR) is 98.1 cm³/mol. The van der Waals surface area contributed by atoms with E-state index in [0.29, 0.717) is 11.5 Å². The maximum Gasteiger partial charge on any atom is 0.126 e. The Morgan fingerprint density at radius 3 is 1.87 bits per heavy atom. The molecule has 0 bridgehead atoms.